The van der Waals surface area contributed by atoms with E-state index in [1.807, 2.05) is 0 Å². The number of aromatic nitrogens is 4. The number of hydrogen-bond donors (Lipinski definition) is 0. The minimum atomic E-state index is -0.529. The Bertz CT molecular complexity index is 7830. The number of benzene rings is 18. The summed E-state index contributed by atoms with van der Waals surface area (Å²) in [7, 11) is 0. The van der Waals surface area contributed by atoms with Crippen LogP contribution < -0.4 is 0 Å². The molecule has 0 saturated carbocycles. The van der Waals surface area contributed by atoms with Crippen molar-refractivity contribution in [3.05, 3.63) is 457 Å². The van der Waals surface area contributed by atoms with Crippen LogP contribution in [0.15, 0.2) is 413 Å². The summed E-state index contributed by atoms with van der Waals surface area (Å²) >= 11 is 0. The van der Waals surface area contributed by atoms with E-state index in [0.29, 0.717) is 0 Å². The van der Waals surface area contributed by atoms with Gasteiger partial charge in [0.05, 0.1) is 60.9 Å². The normalized spacial score (nSPS) is 13.1. The van der Waals surface area contributed by atoms with Crippen molar-refractivity contribution in [1.82, 2.24) is 18.3 Å². The molecule has 22 aromatic rings. The van der Waals surface area contributed by atoms with E-state index in [4.69, 9.17) is 0 Å². The molecule has 4 aromatic heterocycles. The van der Waals surface area contributed by atoms with E-state index in [-0.39, 0.29) is 5.41 Å². The second kappa shape index (κ2) is 26.9. The van der Waals surface area contributed by atoms with Gasteiger partial charge in [0.1, 0.15) is 0 Å². The fraction of sp³-hybridized carbons (Fsp3) is 0.0526. The summed E-state index contributed by atoms with van der Waals surface area (Å²) < 4.78 is 9.87. The fourth-order valence-electron chi connectivity index (χ4n) is 20.7. The van der Waals surface area contributed by atoms with Crippen molar-refractivity contribution < 1.29 is 0 Å². The Morgan fingerprint density at radius 1 is 0.195 bits per heavy atom. The summed E-state index contributed by atoms with van der Waals surface area (Å²) in [6.07, 6.45) is 0. The monoisotopic (exact) mass is 1500 g/mol. The molecule has 0 spiro atoms. The van der Waals surface area contributed by atoms with Crippen LogP contribution in [0.25, 0.3) is 177 Å². The molecule has 556 valence electrons. The van der Waals surface area contributed by atoms with Gasteiger partial charge in [-0.3, -0.25) is 0 Å². The quantitative estimate of drug-likeness (QED) is 0.130. The average molecular weight is 1510 g/mol. The Morgan fingerprint density at radius 3 is 0.915 bits per heavy atom. The lowest BCUT2D eigenvalue weighted by atomic mass is 9.67. The van der Waals surface area contributed by atoms with E-state index in [2.05, 4.69) is 458 Å². The van der Waals surface area contributed by atoms with E-state index >= 15 is 0 Å². The molecular weight excluding hydrogens is 1430 g/mol. The molecule has 0 amide bonds. The van der Waals surface area contributed by atoms with Crippen LogP contribution in [0.4, 0.5) is 0 Å². The number of hydrogen-bond acceptors (Lipinski definition) is 0. The number of fused-ring (bicyclic) bond motifs is 18. The van der Waals surface area contributed by atoms with Gasteiger partial charge in [0, 0.05) is 65.4 Å². The van der Waals surface area contributed by atoms with E-state index in [9.17, 15) is 0 Å². The second-order valence-corrected chi connectivity index (χ2v) is 32.8. The molecule has 0 bridgehead atoms. The molecule has 4 heteroatoms. The fourth-order valence-corrected chi connectivity index (χ4v) is 20.7. The maximum Gasteiger partial charge on any atom is 0.0734 e. The first kappa shape index (κ1) is 68.7. The topological polar surface area (TPSA) is 19.7 Å². The van der Waals surface area contributed by atoms with Gasteiger partial charge in [-0.05, 0) is 218 Å². The molecule has 0 radical (unpaired) electrons. The first-order valence-electron chi connectivity index (χ1n) is 41.2. The van der Waals surface area contributed by atoms with Gasteiger partial charge in [-0.2, -0.15) is 0 Å². The van der Waals surface area contributed by atoms with Crippen LogP contribution >= 0.6 is 0 Å². The van der Waals surface area contributed by atoms with Crippen molar-refractivity contribution in [3.8, 4) is 89.5 Å². The van der Waals surface area contributed by atoms with Crippen molar-refractivity contribution in [3.63, 3.8) is 0 Å². The van der Waals surface area contributed by atoms with Gasteiger partial charge < -0.3 is 18.3 Å². The number of aryl methyl sites for hydroxylation is 2. The molecule has 18 aromatic carbocycles. The lowest BCUT2D eigenvalue weighted by molar-refractivity contribution is 0.656. The molecule has 118 heavy (non-hydrogen) atoms. The third-order valence-electron chi connectivity index (χ3n) is 25.8. The number of nitrogens with zero attached hydrogens (tertiary/aromatic N) is 4. The molecule has 4 heterocycles. The summed E-state index contributed by atoms with van der Waals surface area (Å²) in [5.74, 6) is 0. The zero-order valence-electron chi connectivity index (χ0n) is 66.0. The van der Waals surface area contributed by atoms with Gasteiger partial charge in [-0.15, -0.1) is 0 Å². The Morgan fingerprint density at radius 2 is 0.492 bits per heavy atom. The molecule has 0 atom stereocenters. The molecular formula is C114H80N4. The first-order chi connectivity index (χ1) is 58.1. The van der Waals surface area contributed by atoms with Crippen LogP contribution in [-0.4, -0.2) is 18.3 Å². The van der Waals surface area contributed by atoms with Gasteiger partial charge in [-0.1, -0.05) is 328 Å². The Labute approximate surface area is 685 Å². The standard InChI is InChI=1S/C62H42N2.C52H38N2/c1-41-17-14-18-42(37-41)43-19-15-24-48(38-43)63-56-30-12-9-26-50(56)53-39-44(33-35-58(53)63)45-34-36-59-54(40-45)51-27-10-13-31-57(51)64(59)60-32-16-28-52-49-25-8-11-29-55(49)62(61(52)60,46-20-4-2-5-21-46)47-22-6-3-7-23-47;1-33-13-10-14-34(29-33)35-15-11-16-38(30-35)53-46-22-8-5-18-40(46)43-31-36(25-27-48(43)53)37-26-28-49-44(32-37)41-19-6-9-23-47(41)54(49)50-24-12-20-42-39-17-4-7-21-45(39)52(2,3)51(42)50/h2-40H,1H3;4-32H,1-3H3. The molecule has 0 saturated heterocycles. The maximum absolute atomic E-state index is 2.53. The van der Waals surface area contributed by atoms with E-state index < -0.39 is 5.41 Å². The van der Waals surface area contributed by atoms with E-state index in [1.54, 1.807) is 0 Å². The van der Waals surface area contributed by atoms with Crippen molar-refractivity contribution >= 4 is 87.2 Å². The third kappa shape index (κ3) is 10.5. The Kier molecular flexibility index (Phi) is 15.7. The predicted octanol–water partition coefficient (Wildman–Crippen LogP) is 29.7. The number of para-hydroxylation sites is 4. The van der Waals surface area contributed by atoms with Gasteiger partial charge in [0.2, 0.25) is 0 Å². The summed E-state index contributed by atoms with van der Waals surface area (Å²) in [5.41, 5.74) is 39.3. The van der Waals surface area contributed by atoms with E-state index in [0.717, 1.165) is 5.69 Å². The van der Waals surface area contributed by atoms with Gasteiger partial charge in [-0.25, -0.2) is 0 Å². The van der Waals surface area contributed by atoms with Crippen LogP contribution in [0, 0.1) is 13.8 Å². The molecule has 24 rings (SSSR count). The molecule has 2 aliphatic carbocycles. The van der Waals surface area contributed by atoms with E-state index in [1.165, 1.54) is 216 Å². The highest BCUT2D eigenvalue weighted by Crippen LogP contribution is 2.59. The van der Waals surface area contributed by atoms with Gasteiger partial charge in [0.25, 0.3) is 0 Å². The Balaban J connectivity index is 0.000000140. The summed E-state index contributed by atoms with van der Waals surface area (Å²) in [6, 6.07) is 153. The molecule has 4 nitrogen and oxygen atoms in total. The highest BCUT2D eigenvalue weighted by molar-refractivity contribution is 6.16. The van der Waals surface area contributed by atoms with Gasteiger partial charge in [0.15, 0.2) is 0 Å². The van der Waals surface area contributed by atoms with Crippen molar-refractivity contribution in [2.45, 2.75) is 38.5 Å². The zero-order valence-corrected chi connectivity index (χ0v) is 66.0. The van der Waals surface area contributed by atoms with Crippen molar-refractivity contribution in [2.24, 2.45) is 0 Å². The van der Waals surface area contributed by atoms with Crippen LogP contribution in [-0.2, 0) is 10.8 Å². The Hall–Kier alpha value is -14.8. The molecule has 2 aliphatic rings. The largest absolute Gasteiger partial charge is 0.309 e. The van der Waals surface area contributed by atoms with Crippen LogP contribution in [0.2, 0.25) is 0 Å². The minimum Gasteiger partial charge on any atom is -0.309 e. The first-order valence-corrected chi connectivity index (χ1v) is 41.2. The smallest absolute Gasteiger partial charge is 0.0734 e. The lowest BCUT2D eigenvalue weighted by Gasteiger charge is -2.35. The summed E-state index contributed by atoms with van der Waals surface area (Å²) in [6.45, 7) is 9.06. The minimum absolute atomic E-state index is 0.114. The highest BCUT2D eigenvalue weighted by Gasteiger charge is 2.48. The molecule has 0 fully saturated rings. The van der Waals surface area contributed by atoms with Crippen LogP contribution in [0.5, 0.6) is 0 Å². The maximum atomic E-state index is 2.53. The van der Waals surface area contributed by atoms with Crippen molar-refractivity contribution in [1.29, 1.82) is 0 Å². The van der Waals surface area contributed by atoms with Crippen LogP contribution in [0.1, 0.15) is 58.4 Å². The third-order valence-corrected chi connectivity index (χ3v) is 25.8. The summed E-state index contributed by atoms with van der Waals surface area (Å²) in [4.78, 5) is 0. The zero-order chi connectivity index (χ0) is 78.5. The second-order valence-electron chi connectivity index (χ2n) is 32.8. The molecule has 0 N–H and O–H groups in total. The highest BCUT2D eigenvalue weighted by atomic mass is 15.0. The van der Waals surface area contributed by atoms with Crippen LogP contribution in [0.3, 0.4) is 0 Å². The van der Waals surface area contributed by atoms with Gasteiger partial charge >= 0.3 is 0 Å². The van der Waals surface area contributed by atoms with Crippen molar-refractivity contribution in [2.75, 3.05) is 0 Å². The number of rotatable bonds is 10. The molecule has 0 aliphatic heterocycles. The molecule has 0 unspecified atom stereocenters. The predicted molar refractivity (Wildman–Crippen MR) is 496 cm³/mol. The summed E-state index contributed by atoms with van der Waals surface area (Å²) in [5, 5.41) is 10.0. The SMILES string of the molecule is Cc1cccc(-c2cccc(-n3c4ccccc4c4cc(-c5ccc6c(c5)c5ccccc5n6-c5cccc6c5C(C)(C)c5ccccc5-6)ccc43)c2)c1.Cc1cccc(-c2cccc(-n3c4ccccc4c4cc(-c5ccc6c(c5)c5ccccc5n6-c5cccc6c5C(c5ccccc5)(c5ccccc5)c5ccccc5-6)ccc43)c2)c1. The lowest BCUT2D eigenvalue weighted by Crippen LogP contribution is -2.29. The average Bonchev–Trinajstić information content (AvgIpc) is 1.52.